The molecule has 0 aliphatic carbocycles. The van der Waals surface area contributed by atoms with Crippen molar-refractivity contribution in [2.45, 2.75) is 33.3 Å². The Morgan fingerprint density at radius 1 is 1.29 bits per heavy atom. The quantitative estimate of drug-likeness (QED) is 0.522. The van der Waals surface area contributed by atoms with Gasteiger partial charge in [0.2, 0.25) is 0 Å². The van der Waals surface area contributed by atoms with Crippen molar-refractivity contribution in [1.82, 2.24) is 0 Å². The summed E-state index contributed by atoms with van der Waals surface area (Å²) in [6.45, 7) is 5.68. The molecule has 0 aromatic carbocycles. The molecular weight excluding hydrogens is 220 g/mol. The number of thiocarbonyl (C=S) groups is 1. The van der Waals surface area contributed by atoms with Gasteiger partial charge in [0.25, 0.3) is 0 Å². The summed E-state index contributed by atoms with van der Waals surface area (Å²) in [5, 5.41) is 0.445. The molecular formula is C8H18O4SSi. The van der Waals surface area contributed by atoms with E-state index < -0.39 is 9.05 Å². The van der Waals surface area contributed by atoms with Crippen LogP contribution in [0.15, 0.2) is 0 Å². The minimum Gasteiger partial charge on any atom is -0.474 e. The van der Waals surface area contributed by atoms with Gasteiger partial charge in [-0.15, -0.1) is 0 Å². The van der Waals surface area contributed by atoms with E-state index >= 15 is 0 Å². The minimum atomic E-state index is -3.03. The van der Waals surface area contributed by atoms with Crippen LogP contribution in [0, 0.1) is 0 Å². The van der Waals surface area contributed by atoms with Crippen LogP contribution in [-0.2, 0) is 17.7 Å². The van der Waals surface area contributed by atoms with Gasteiger partial charge >= 0.3 is 9.05 Å². The van der Waals surface area contributed by atoms with Gasteiger partial charge < -0.3 is 17.7 Å². The lowest BCUT2D eigenvalue weighted by Crippen LogP contribution is -2.50. The normalized spacial score (nSPS) is 11.9. The summed E-state index contributed by atoms with van der Waals surface area (Å²) < 4.78 is 21.2. The van der Waals surface area contributed by atoms with Crippen LogP contribution in [0.25, 0.3) is 0 Å². The summed E-state index contributed by atoms with van der Waals surface area (Å²) in [6.07, 6.45) is 0.611. The van der Waals surface area contributed by atoms with E-state index in [1.54, 1.807) is 0 Å². The van der Waals surface area contributed by atoms with Gasteiger partial charge in [-0.05, 0) is 26.1 Å². The van der Waals surface area contributed by atoms with E-state index in [2.05, 4.69) is 0 Å². The Morgan fingerprint density at radius 3 is 2.07 bits per heavy atom. The van der Waals surface area contributed by atoms with Crippen LogP contribution in [0.3, 0.4) is 0 Å². The molecule has 0 aliphatic heterocycles. The average Bonchev–Trinajstić information content (AvgIpc) is 2.15. The summed E-state index contributed by atoms with van der Waals surface area (Å²) in [6, 6.07) is 0. The van der Waals surface area contributed by atoms with Crippen molar-refractivity contribution in [3.05, 3.63) is 0 Å². The Kier molecular flexibility index (Phi) is 6.46. The molecule has 0 fully saturated rings. The van der Waals surface area contributed by atoms with Crippen molar-refractivity contribution >= 4 is 26.3 Å². The van der Waals surface area contributed by atoms with E-state index in [1.165, 1.54) is 14.2 Å². The monoisotopic (exact) mass is 238 g/mol. The fourth-order valence-electron chi connectivity index (χ4n) is 0.787. The molecule has 0 aliphatic rings. The summed E-state index contributed by atoms with van der Waals surface area (Å²) in [7, 11) is -0.0390. The molecule has 0 atom stereocenters. The van der Waals surface area contributed by atoms with E-state index in [-0.39, 0.29) is 6.10 Å². The highest BCUT2D eigenvalue weighted by molar-refractivity contribution is 7.80. The smallest absolute Gasteiger partial charge is 0.474 e. The molecule has 4 nitrogen and oxygen atoms in total. The zero-order valence-electron chi connectivity index (χ0n) is 9.33. The zero-order chi connectivity index (χ0) is 11.2. The second-order valence-corrected chi connectivity index (χ2v) is 5.61. The Hall–Kier alpha value is -0.0131. The van der Waals surface area contributed by atoms with Gasteiger partial charge in [-0.1, -0.05) is 6.92 Å². The first-order valence-electron chi connectivity index (χ1n) is 4.49. The van der Waals surface area contributed by atoms with Gasteiger partial charge in [-0.2, -0.15) is 0 Å². The largest absolute Gasteiger partial charge is 0.749 e. The van der Waals surface area contributed by atoms with Crippen molar-refractivity contribution in [2.24, 2.45) is 0 Å². The average molecular weight is 238 g/mol. The lowest BCUT2D eigenvalue weighted by Gasteiger charge is -2.26. The van der Waals surface area contributed by atoms with Gasteiger partial charge in [0.15, 0.2) is 0 Å². The Bertz CT molecular complexity index is 182. The first-order chi connectivity index (χ1) is 6.49. The highest BCUT2D eigenvalue weighted by Gasteiger charge is 2.47. The van der Waals surface area contributed by atoms with Crippen LogP contribution in [0.4, 0.5) is 0 Å². The van der Waals surface area contributed by atoms with Crippen LogP contribution < -0.4 is 0 Å². The second-order valence-electron chi connectivity index (χ2n) is 2.90. The maximum Gasteiger partial charge on any atom is 0.749 e. The molecule has 0 saturated heterocycles. The Labute approximate surface area is 92.0 Å². The van der Waals surface area contributed by atoms with Gasteiger partial charge in [-0.3, -0.25) is 0 Å². The van der Waals surface area contributed by atoms with Crippen LogP contribution in [0.1, 0.15) is 27.2 Å². The standard InChI is InChI=1S/C8H18O4SSi/c1-6-8(13)12-14(9-4,10-5)11-7(2)3/h7H,6H2,1-5H3. The van der Waals surface area contributed by atoms with E-state index in [0.717, 1.165) is 0 Å². The number of hydrogen-bond acceptors (Lipinski definition) is 5. The summed E-state index contributed by atoms with van der Waals surface area (Å²) in [5.74, 6) is 0. The van der Waals surface area contributed by atoms with Crippen LogP contribution in [0.2, 0.25) is 0 Å². The van der Waals surface area contributed by atoms with Gasteiger partial charge in [0.05, 0.1) is 0 Å². The molecule has 14 heavy (non-hydrogen) atoms. The third-order valence-corrected chi connectivity index (χ3v) is 4.18. The molecule has 0 N–H and O–H groups in total. The fraction of sp³-hybridized carbons (Fsp3) is 0.875. The van der Waals surface area contributed by atoms with E-state index in [0.29, 0.717) is 11.5 Å². The van der Waals surface area contributed by atoms with Crippen LogP contribution in [0.5, 0.6) is 0 Å². The Balaban J connectivity index is 4.44. The van der Waals surface area contributed by atoms with Crippen LogP contribution in [-0.4, -0.2) is 34.4 Å². The highest BCUT2D eigenvalue weighted by Crippen LogP contribution is 2.13. The third-order valence-electron chi connectivity index (χ3n) is 1.41. The van der Waals surface area contributed by atoms with Gasteiger partial charge in [-0.25, -0.2) is 0 Å². The zero-order valence-corrected chi connectivity index (χ0v) is 11.1. The predicted molar refractivity (Wildman–Crippen MR) is 60.0 cm³/mol. The SMILES string of the molecule is CCC(=S)O[Si](OC)(OC)OC(C)C. The van der Waals surface area contributed by atoms with Crippen LogP contribution >= 0.6 is 12.2 Å². The summed E-state index contributed by atoms with van der Waals surface area (Å²) in [5.41, 5.74) is 0. The number of hydrogen-bond donors (Lipinski definition) is 0. The first kappa shape index (κ1) is 14.0. The fourth-order valence-corrected chi connectivity index (χ4v) is 2.67. The van der Waals surface area contributed by atoms with Crippen molar-refractivity contribution in [3.63, 3.8) is 0 Å². The molecule has 0 radical (unpaired) electrons. The lowest BCUT2D eigenvalue weighted by molar-refractivity contribution is 0.00712. The van der Waals surface area contributed by atoms with E-state index in [9.17, 15) is 0 Å². The molecule has 84 valence electrons. The second kappa shape index (κ2) is 6.47. The molecule has 0 heterocycles. The lowest BCUT2D eigenvalue weighted by atomic mass is 10.5. The van der Waals surface area contributed by atoms with Crippen molar-refractivity contribution in [2.75, 3.05) is 14.2 Å². The van der Waals surface area contributed by atoms with Crippen molar-refractivity contribution in [3.8, 4) is 0 Å². The third kappa shape index (κ3) is 4.47. The molecule has 0 bridgehead atoms. The number of rotatable bonds is 6. The van der Waals surface area contributed by atoms with E-state index in [1.807, 2.05) is 20.8 Å². The summed E-state index contributed by atoms with van der Waals surface area (Å²) >= 11 is 4.96. The molecule has 0 spiro atoms. The maximum atomic E-state index is 5.49. The first-order valence-corrected chi connectivity index (χ1v) is 6.53. The molecule has 0 rings (SSSR count). The summed E-state index contributed by atoms with van der Waals surface area (Å²) in [4.78, 5) is 0. The topological polar surface area (TPSA) is 36.9 Å². The van der Waals surface area contributed by atoms with Gasteiger partial charge in [0.1, 0.15) is 5.05 Å². The molecule has 0 saturated carbocycles. The highest BCUT2D eigenvalue weighted by atomic mass is 32.1. The van der Waals surface area contributed by atoms with Gasteiger partial charge in [0, 0.05) is 26.7 Å². The molecule has 0 aromatic heterocycles. The van der Waals surface area contributed by atoms with Crippen molar-refractivity contribution < 1.29 is 17.7 Å². The molecule has 0 amide bonds. The molecule has 0 aromatic rings. The van der Waals surface area contributed by atoms with E-state index in [4.69, 9.17) is 29.9 Å². The molecule has 0 unspecified atom stereocenters. The molecule has 6 heteroatoms. The van der Waals surface area contributed by atoms with Crippen molar-refractivity contribution in [1.29, 1.82) is 0 Å². The Morgan fingerprint density at radius 2 is 1.79 bits per heavy atom. The predicted octanol–water partition coefficient (Wildman–Crippen LogP) is 1.89. The minimum absolute atomic E-state index is 0.0266. The maximum absolute atomic E-state index is 5.49.